The van der Waals surface area contributed by atoms with Crippen molar-refractivity contribution in [3.8, 4) is 0 Å². The minimum Gasteiger partial charge on any atom is -0.396 e. The molecule has 6 nitrogen and oxygen atoms in total. The van der Waals surface area contributed by atoms with E-state index in [1.807, 2.05) is 0 Å². The normalized spacial score (nSPS) is 20.8. The van der Waals surface area contributed by atoms with Gasteiger partial charge in [-0.25, -0.2) is 9.50 Å². The predicted octanol–water partition coefficient (Wildman–Crippen LogP) is 0.391. The van der Waals surface area contributed by atoms with Crippen LogP contribution in [0.4, 0.5) is 5.69 Å². The molecule has 0 saturated carbocycles. The Balaban J connectivity index is 1.80. The third-order valence-corrected chi connectivity index (χ3v) is 3.10. The molecule has 0 bridgehead atoms. The molecule has 1 atom stereocenters. The Labute approximate surface area is 99.3 Å². The first-order valence-electron chi connectivity index (χ1n) is 6.01. The van der Waals surface area contributed by atoms with Gasteiger partial charge in [0.1, 0.15) is 0 Å². The van der Waals surface area contributed by atoms with Gasteiger partial charge in [0.2, 0.25) is 0 Å². The van der Waals surface area contributed by atoms with Crippen LogP contribution in [0.15, 0.2) is 12.4 Å². The van der Waals surface area contributed by atoms with E-state index in [1.54, 1.807) is 16.9 Å². The van der Waals surface area contributed by atoms with E-state index in [9.17, 15) is 0 Å². The summed E-state index contributed by atoms with van der Waals surface area (Å²) in [5, 5.41) is 7.88. The molecular formula is C11H16N6. The number of hydrogen-bond donors (Lipinski definition) is 2. The fourth-order valence-electron chi connectivity index (χ4n) is 2.24. The highest BCUT2D eigenvalue weighted by molar-refractivity contribution is 5.38. The average Bonchev–Trinajstić information content (AvgIpc) is 2.71. The van der Waals surface area contributed by atoms with E-state index in [1.165, 1.54) is 19.3 Å². The van der Waals surface area contributed by atoms with Crippen LogP contribution in [0, 0.1) is 0 Å². The Hall–Kier alpha value is -1.69. The average molecular weight is 232 g/mol. The first-order chi connectivity index (χ1) is 8.31. The standard InChI is InChI=1S/C11H16N6/c12-8-6-14-11-15-10(16-17(11)7-8)5-9-3-1-2-4-13-9/h6-7,9,13H,1-5,12H2. The first kappa shape index (κ1) is 10.5. The van der Waals surface area contributed by atoms with Gasteiger partial charge in [0.15, 0.2) is 5.82 Å². The summed E-state index contributed by atoms with van der Waals surface area (Å²) in [6, 6.07) is 0.499. The molecule has 3 N–H and O–H groups in total. The number of rotatable bonds is 2. The van der Waals surface area contributed by atoms with Crippen LogP contribution in [0.1, 0.15) is 25.1 Å². The molecule has 0 aromatic carbocycles. The van der Waals surface area contributed by atoms with Crippen molar-refractivity contribution in [2.75, 3.05) is 12.3 Å². The van der Waals surface area contributed by atoms with E-state index in [0.29, 0.717) is 17.5 Å². The zero-order valence-corrected chi connectivity index (χ0v) is 9.63. The van der Waals surface area contributed by atoms with Gasteiger partial charge in [0, 0.05) is 12.5 Å². The van der Waals surface area contributed by atoms with Crippen molar-refractivity contribution in [3.63, 3.8) is 0 Å². The molecule has 0 amide bonds. The van der Waals surface area contributed by atoms with E-state index < -0.39 is 0 Å². The topological polar surface area (TPSA) is 81.1 Å². The Morgan fingerprint density at radius 1 is 1.47 bits per heavy atom. The molecule has 2 aromatic rings. The largest absolute Gasteiger partial charge is 0.396 e. The van der Waals surface area contributed by atoms with E-state index in [2.05, 4.69) is 20.4 Å². The van der Waals surface area contributed by atoms with Crippen molar-refractivity contribution in [3.05, 3.63) is 18.2 Å². The maximum Gasteiger partial charge on any atom is 0.252 e. The summed E-state index contributed by atoms with van der Waals surface area (Å²) < 4.78 is 1.65. The molecule has 1 aliphatic rings. The van der Waals surface area contributed by atoms with Gasteiger partial charge in [-0.15, -0.1) is 5.10 Å². The summed E-state index contributed by atoms with van der Waals surface area (Å²) in [7, 11) is 0. The Bertz CT molecular complexity index is 514. The molecule has 3 rings (SSSR count). The molecule has 2 aromatic heterocycles. The second kappa shape index (κ2) is 4.29. The molecule has 1 aliphatic heterocycles. The van der Waals surface area contributed by atoms with Crippen LogP contribution in [-0.4, -0.2) is 32.2 Å². The van der Waals surface area contributed by atoms with Crippen LogP contribution in [-0.2, 0) is 6.42 Å². The van der Waals surface area contributed by atoms with Gasteiger partial charge in [0.05, 0.1) is 18.1 Å². The number of nitrogen functional groups attached to an aromatic ring is 1. The van der Waals surface area contributed by atoms with E-state index in [-0.39, 0.29) is 0 Å². The lowest BCUT2D eigenvalue weighted by molar-refractivity contribution is 0.394. The maximum absolute atomic E-state index is 5.65. The van der Waals surface area contributed by atoms with Crippen LogP contribution in [0.2, 0.25) is 0 Å². The number of aromatic nitrogens is 4. The number of nitrogens with two attached hydrogens (primary N) is 1. The second-order valence-corrected chi connectivity index (χ2v) is 4.51. The molecule has 0 aliphatic carbocycles. The lowest BCUT2D eigenvalue weighted by Crippen LogP contribution is -2.35. The zero-order valence-electron chi connectivity index (χ0n) is 9.63. The van der Waals surface area contributed by atoms with Gasteiger partial charge >= 0.3 is 0 Å². The Morgan fingerprint density at radius 3 is 3.24 bits per heavy atom. The van der Waals surface area contributed by atoms with Gasteiger partial charge in [0.25, 0.3) is 5.78 Å². The minimum atomic E-state index is 0.499. The fraction of sp³-hybridized carbons (Fsp3) is 0.545. The molecular weight excluding hydrogens is 216 g/mol. The smallest absolute Gasteiger partial charge is 0.252 e. The molecule has 3 heterocycles. The van der Waals surface area contributed by atoms with E-state index in [0.717, 1.165) is 18.8 Å². The predicted molar refractivity (Wildman–Crippen MR) is 64.5 cm³/mol. The summed E-state index contributed by atoms with van der Waals surface area (Å²) in [6.45, 7) is 1.10. The van der Waals surface area contributed by atoms with Crippen LogP contribution in [0.25, 0.3) is 5.78 Å². The molecule has 1 saturated heterocycles. The van der Waals surface area contributed by atoms with E-state index >= 15 is 0 Å². The number of anilines is 1. The number of nitrogens with one attached hydrogen (secondary N) is 1. The van der Waals surface area contributed by atoms with E-state index in [4.69, 9.17) is 5.73 Å². The maximum atomic E-state index is 5.65. The number of piperidine rings is 1. The van der Waals surface area contributed by atoms with Crippen molar-refractivity contribution >= 4 is 11.5 Å². The third-order valence-electron chi connectivity index (χ3n) is 3.10. The molecule has 90 valence electrons. The monoisotopic (exact) mass is 232 g/mol. The van der Waals surface area contributed by atoms with Crippen LogP contribution < -0.4 is 11.1 Å². The summed E-state index contributed by atoms with van der Waals surface area (Å²) in [6.07, 6.45) is 7.97. The van der Waals surface area contributed by atoms with Crippen molar-refractivity contribution < 1.29 is 0 Å². The first-order valence-corrected chi connectivity index (χ1v) is 6.01. The quantitative estimate of drug-likeness (QED) is 0.783. The molecule has 0 radical (unpaired) electrons. The summed E-state index contributed by atoms with van der Waals surface area (Å²) >= 11 is 0. The second-order valence-electron chi connectivity index (χ2n) is 4.51. The third kappa shape index (κ3) is 2.21. The molecule has 6 heteroatoms. The van der Waals surface area contributed by atoms with Gasteiger partial charge in [-0.1, -0.05) is 6.42 Å². The molecule has 1 unspecified atom stereocenters. The van der Waals surface area contributed by atoms with Crippen molar-refractivity contribution in [2.45, 2.75) is 31.7 Å². The molecule has 0 spiro atoms. The van der Waals surface area contributed by atoms with Crippen LogP contribution in [0.5, 0.6) is 0 Å². The van der Waals surface area contributed by atoms with Crippen LogP contribution in [0.3, 0.4) is 0 Å². The van der Waals surface area contributed by atoms with Gasteiger partial charge < -0.3 is 11.1 Å². The lowest BCUT2D eigenvalue weighted by Gasteiger charge is -2.21. The van der Waals surface area contributed by atoms with Gasteiger partial charge in [-0.3, -0.25) is 0 Å². The van der Waals surface area contributed by atoms with Crippen molar-refractivity contribution in [1.82, 2.24) is 24.9 Å². The Morgan fingerprint density at radius 2 is 2.41 bits per heavy atom. The zero-order chi connectivity index (χ0) is 11.7. The highest BCUT2D eigenvalue weighted by Gasteiger charge is 2.15. The minimum absolute atomic E-state index is 0.499. The lowest BCUT2D eigenvalue weighted by atomic mass is 10.0. The fourth-order valence-corrected chi connectivity index (χ4v) is 2.24. The highest BCUT2D eigenvalue weighted by atomic mass is 15.3. The molecule has 17 heavy (non-hydrogen) atoms. The molecule has 1 fully saturated rings. The van der Waals surface area contributed by atoms with Crippen molar-refractivity contribution in [2.24, 2.45) is 0 Å². The highest BCUT2D eigenvalue weighted by Crippen LogP contribution is 2.11. The SMILES string of the molecule is Nc1cnc2nc(CC3CCCCN3)nn2c1. The summed E-state index contributed by atoms with van der Waals surface area (Å²) in [4.78, 5) is 8.53. The Kier molecular flexibility index (Phi) is 2.64. The summed E-state index contributed by atoms with van der Waals surface area (Å²) in [5.41, 5.74) is 6.26. The van der Waals surface area contributed by atoms with Gasteiger partial charge in [-0.05, 0) is 19.4 Å². The van der Waals surface area contributed by atoms with Crippen molar-refractivity contribution in [1.29, 1.82) is 0 Å². The number of nitrogens with zero attached hydrogens (tertiary/aromatic N) is 4. The van der Waals surface area contributed by atoms with Gasteiger partial charge in [-0.2, -0.15) is 4.98 Å². The number of fused-ring (bicyclic) bond motifs is 1. The summed E-state index contributed by atoms with van der Waals surface area (Å²) in [5.74, 6) is 1.45. The number of hydrogen-bond acceptors (Lipinski definition) is 5. The van der Waals surface area contributed by atoms with Crippen LogP contribution >= 0.6 is 0 Å².